The number of nitrogens with zero attached hydrogens (tertiary/aromatic N) is 2. The van der Waals surface area contributed by atoms with Gasteiger partial charge in [0.15, 0.2) is 0 Å². The Morgan fingerprint density at radius 1 is 1.50 bits per heavy atom. The van der Waals surface area contributed by atoms with Gasteiger partial charge >= 0.3 is 0 Å². The number of carbonyl (C=O) groups is 2. The molecule has 0 unspecified atom stereocenters. The van der Waals surface area contributed by atoms with Gasteiger partial charge in [-0.2, -0.15) is 0 Å². The monoisotopic (exact) mass is 371 g/mol. The molecule has 0 aliphatic carbocycles. The molecule has 1 aromatic heterocycles. The van der Waals surface area contributed by atoms with Crippen LogP contribution in [0.1, 0.15) is 22.7 Å². The lowest BCUT2D eigenvalue weighted by atomic mass is 10.2. The van der Waals surface area contributed by atoms with Gasteiger partial charge in [0, 0.05) is 31.5 Å². The molecular weight excluding hydrogens is 350 g/mol. The Morgan fingerprint density at radius 2 is 2.35 bits per heavy atom. The summed E-state index contributed by atoms with van der Waals surface area (Å²) in [5.41, 5.74) is 1.77. The fraction of sp³-hybridized carbons (Fsp3) is 0.316. The molecule has 6 nitrogen and oxygen atoms in total. The van der Waals surface area contributed by atoms with Gasteiger partial charge in [-0.15, -0.1) is 11.3 Å². The van der Waals surface area contributed by atoms with Crippen LogP contribution in [-0.2, 0) is 16.2 Å². The standard InChI is InChI=1S/C19H21N3O3S/c1-13-20-16(12-26-13)11-25-17-5-3-4-14(8-17)6-7-18(23)21-15-9-19(24)22(2)10-15/h3-8,12,15H,9-11H2,1-2H3,(H,21,23)/b7-6+/t15-/m1/s1. The van der Waals surface area contributed by atoms with Crippen LogP contribution in [0.3, 0.4) is 0 Å². The Morgan fingerprint density at radius 3 is 3.04 bits per heavy atom. The van der Waals surface area contributed by atoms with Crippen LogP contribution in [0.4, 0.5) is 0 Å². The number of hydrogen-bond acceptors (Lipinski definition) is 5. The van der Waals surface area contributed by atoms with Crippen LogP contribution < -0.4 is 10.1 Å². The first-order valence-electron chi connectivity index (χ1n) is 8.36. The number of likely N-dealkylation sites (tertiary alicyclic amines) is 1. The molecule has 1 aliphatic heterocycles. The minimum absolute atomic E-state index is 0.0550. The van der Waals surface area contributed by atoms with Crippen molar-refractivity contribution in [1.82, 2.24) is 15.2 Å². The average Bonchev–Trinajstić information content (AvgIpc) is 3.17. The molecule has 0 bridgehead atoms. The molecule has 0 radical (unpaired) electrons. The van der Waals surface area contributed by atoms with Crippen LogP contribution in [0.25, 0.3) is 6.08 Å². The van der Waals surface area contributed by atoms with E-state index in [9.17, 15) is 9.59 Å². The largest absolute Gasteiger partial charge is 0.487 e. The Kier molecular flexibility index (Phi) is 5.68. The lowest BCUT2D eigenvalue weighted by molar-refractivity contribution is -0.126. The second-order valence-corrected chi connectivity index (χ2v) is 7.30. The van der Waals surface area contributed by atoms with E-state index < -0.39 is 0 Å². The number of aryl methyl sites for hydroxylation is 1. The smallest absolute Gasteiger partial charge is 0.244 e. The zero-order valence-electron chi connectivity index (χ0n) is 14.8. The number of aromatic nitrogens is 1. The van der Waals surface area contributed by atoms with Crippen molar-refractivity contribution in [2.45, 2.75) is 26.0 Å². The molecule has 2 heterocycles. The van der Waals surface area contributed by atoms with Crippen molar-refractivity contribution < 1.29 is 14.3 Å². The van der Waals surface area contributed by atoms with Crippen molar-refractivity contribution in [3.8, 4) is 5.75 Å². The van der Waals surface area contributed by atoms with Crippen LogP contribution in [0.2, 0.25) is 0 Å². The van der Waals surface area contributed by atoms with E-state index in [1.807, 2.05) is 36.6 Å². The maximum absolute atomic E-state index is 12.0. The summed E-state index contributed by atoms with van der Waals surface area (Å²) in [6.45, 7) is 2.93. The van der Waals surface area contributed by atoms with E-state index in [0.717, 1.165) is 22.0 Å². The number of carbonyl (C=O) groups excluding carboxylic acids is 2. The SMILES string of the molecule is Cc1nc(COc2cccc(/C=C/C(=O)N[C@@H]3CC(=O)N(C)C3)c2)cs1. The number of benzene rings is 1. The Bertz CT molecular complexity index is 831. The van der Waals surface area contributed by atoms with Gasteiger partial charge in [-0.3, -0.25) is 9.59 Å². The highest BCUT2D eigenvalue weighted by Crippen LogP contribution is 2.17. The number of ether oxygens (including phenoxy) is 1. The summed E-state index contributed by atoms with van der Waals surface area (Å²) < 4.78 is 5.75. The normalized spacial score (nSPS) is 17.1. The van der Waals surface area contributed by atoms with Gasteiger partial charge in [-0.25, -0.2) is 4.98 Å². The zero-order valence-corrected chi connectivity index (χ0v) is 15.6. The molecule has 1 atom stereocenters. The van der Waals surface area contributed by atoms with Gasteiger partial charge < -0.3 is 15.0 Å². The summed E-state index contributed by atoms with van der Waals surface area (Å²) in [5.74, 6) is 0.572. The summed E-state index contributed by atoms with van der Waals surface area (Å²) in [7, 11) is 1.74. The second-order valence-electron chi connectivity index (χ2n) is 6.24. The first-order valence-corrected chi connectivity index (χ1v) is 9.24. The van der Waals surface area contributed by atoms with Gasteiger partial charge in [-0.05, 0) is 30.7 Å². The fourth-order valence-electron chi connectivity index (χ4n) is 2.72. The van der Waals surface area contributed by atoms with Crippen LogP contribution in [0.15, 0.2) is 35.7 Å². The Balaban J connectivity index is 1.53. The molecule has 0 spiro atoms. The lowest BCUT2D eigenvalue weighted by Gasteiger charge is -2.10. The topological polar surface area (TPSA) is 71.5 Å². The van der Waals surface area contributed by atoms with Crippen LogP contribution >= 0.6 is 11.3 Å². The zero-order chi connectivity index (χ0) is 18.5. The molecular formula is C19H21N3O3S. The summed E-state index contributed by atoms with van der Waals surface area (Å²) in [6, 6.07) is 7.40. The average molecular weight is 371 g/mol. The highest BCUT2D eigenvalue weighted by atomic mass is 32.1. The van der Waals surface area contributed by atoms with Crippen molar-refractivity contribution in [3.63, 3.8) is 0 Å². The minimum atomic E-state index is -0.206. The van der Waals surface area contributed by atoms with Crippen LogP contribution in [-0.4, -0.2) is 41.3 Å². The van der Waals surface area contributed by atoms with E-state index in [1.165, 1.54) is 6.08 Å². The predicted octanol–water partition coefficient (Wildman–Crippen LogP) is 2.39. The maximum atomic E-state index is 12.0. The van der Waals surface area contributed by atoms with E-state index in [2.05, 4.69) is 10.3 Å². The van der Waals surface area contributed by atoms with E-state index in [1.54, 1.807) is 29.4 Å². The van der Waals surface area contributed by atoms with Gasteiger partial charge in [0.2, 0.25) is 11.8 Å². The molecule has 3 rings (SSSR count). The van der Waals surface area contributed by atoms with Crippen LogP contribution in [0, 0.1) is 6.92 Å². The highest BCUT2D eigenvalue weighted by Gasteiger charge is 2.27. The molecule has 0 saturated carbocycles. The van der Waals surface area contributed by atoms with Crippen molar-refractivity contribution in [1.29, 1.82) is 0 Å². The number of likely N-dealkylation sites (N-methyl/N-ethyl adjacent to an activating group) is 1. The summed E-state index contributed by atoms with van der Waals surface area (Å²) in [5, 5.41) is 5.84. The predicted molar refractivity (Wildman–Crippen MR) is 101 cm³/mol. The molecule has 26 heavy (non-hydrogen) atoms. The highest BCUT2D eigenvalue weighted by molar-refractivity contribution is 7.09. The first kappa shape index (κ1) is 18.1. The molecule has 2 aromatic rings. The summed E-state index contributed by atoms with van der Waals surface area (Å²) >= 11 is 1.60. The van der Waals surface area contributed by atoms with E-state index in [4.69, 9.17) is 4.74 Å². The third-order valence-electron chi connectivity index (χ3n) is 4.03. The molecule has 1 aliphatic rings. The molecule has 1 aromatic carbocycles. The van der Waals surface area contributed by atoms with Crippen molar-refractivity contribution in [2.24, 2.45) is 0 Å². The molecule has 7 heteroatoms. The molecule has 1 fully saturated rings. The van der Waals surface area contributed by atoms with E-state index in [-0.39, 0.29) is 17.9 Å². The Hall–Kier alpha value is -2.67. The number of nitrogens with one attached hydrogen (secondary N) is 1. The van der Waals surface area contributed by atoms with Crippen molar-refractivity contribution in [3.05, 3.63) is 52.0 Å². The van der Waals surface area contributed by atoms with Gasteiger partial charge in [0.05, 0.1) is 16.7 Å². The number of hydrogen-bond donors (Lipinski definition) is 1. The third kappa shape index (κ3) is 4.92. The van der Waals surface area contributed by atoms with Gasteiger partial charge in [0.25, 0.3) is 0 Å². The number of rotatable bonds is 6. The van der Waals surface area contributed by atoms with Crippen LogP contribution in [0.5, 0.6) is 5.75 Å². The van der Waals surface area contributed by atoms with Crippen molar-refractivity contribution in [2.75, 3.05) is 13.6 Å². The number of thiazole rings is 1. The molecule has 136 valence electrons. The van der Waals surface area contributed by atoms with Gasteiger partial charge in [0.1, 0.15) is 12.4 Å². The van der Waals surface area contributed by atoms with Gasteiger partial charge in [-0.1, -0.05) is 12.1 Å². The third-order valence-corrected chi connectivity index (χ3v) is 4.85. The summed E-state index contributed by atoms with van der Waals surface area (Å²) in [6.07, 6.45) is 3.57. The number of amides is 2. The lowest BCUT2D eigenvalue weighted by Crippen LogP contribution is -2.35. The fourth-order valence-corrected chi connectivity index (χ4v) is 3.32. The first-order chi connectivity index (χ1) is 12.5. The maximum Gasteiger partial charge on any atom is 0.244 e. The van der Waals surface area contributed by atoms with E-state index >= 15 is 0 Å². The second kappa shape index (κ2) is 8.14. The van der Waals surface area contributed by atoms with Crippen molar-refractivity contribution >= 4 is 29.2 Å². The van der Waals surface area contributed by atoms with E-state index in [0.29, 0.717) is 19.6 Å². The summed E-state index contributed by atoms with van der Waals surface area (Å²) in [4.78, 5) is 29.5. The quantitative estimate of drug-likeness (QED) is 0.792. The molecule has 1 saturated heterocycles. The molecule has 2 amide bonds. The Labute approximate surface area is 156 Å². The molecule has 1 N–H and O–H groups in total. The minimum Gasteiger partial charge on any atom is -0.487 e.